The summed E-state index contributed by atoms with van der Waals surface area (Å²) in [5.41, 5.74) is 7.67. The molecule has 5 nitrogen and oxygen atoms in total. The Hall–Kier alpha value is -2.53. The van der Waals surface area contributed by atoms with Crippen molar-refractivity contribution in [3.63, 3.8) is 0 Å². The molecule has 0 aliphatic heterocycles. The fourth-order valence-electron chi connectivity index (χ4n) is 1.96. The molecule has 1 heterocycles. The molecule has 0 fully saturated rings. The Morgan fingerprint density at radius 2 is 2.00 bits per heavy atom. The summed E-state index contributed by atoms with van der Waals surface area (Å²) in [6.07, 6.45) is 0. The van der Waals surface area contributed by atoms with Crippen LogP contribution in [0.25, 0.3) is 11.1 Å². The summed E-state index contributed by atoms with van der Waals surface area (Å²) in [6, 6.07) is 9.40. The SMILES string of the molecule is Nc1ccc(C(=O)c2ccc3[nH]c(=O)oc3c2)c(Cl)c1. The van der Waals surface area contributed by atoms with Gasteiger partial charge in [0.1, 0.15) is 0 Å². The van der Waals surface area contributed by atoms with Crippen LogP contribution < -0.4 is 11.5 Å². The third-order valence-electron chi connectivity index (χ3n) is 2.92. The van der Waals surface area contributed by atoms with E-state index in [1.165, 1.54) is 12.1 Å². The minimum atomic E-state index is -0.560. The smallest absolute Gasteiger partial charge is 0.408 e. The molecule has 3 rings (SSSR count). The van der Waals surface area contributed by atoms with Gasteiger partial charge < -0.3 is 10.2 Å². The second-order valence-electron chi connectivity index (χ2n) is 4.29. The van der Waals surface area contributed by atoms with Gasteiger partial charge in [0.2, 0.25) is 0 Å². The lowest BCUT2D eigenvalue weighted by Crippen LogP contribution is -2.02. The zero-order valence-electron chi connectivity index (χ0n) is 10.1. The molecule has 3 aromatic rings. The fourth-order valence-corrected chi connectivity index (χ4v) is 2.23. The Morgan fingerprint density at radius 1 is 1.20 bits per heavy atom. The number of anilines is 1. The number of ketones is 1. The molecular formula is C14H9ClN2O3. The average Bonchev–Trinajstić information content (AvgIpc) is 2.77. The number of hydrogen-bond acceptors (Lipinski definition) is 4. The fraction of sp³-hybridized carbons (Fsp3) is 0. The number of aromatic nitrogens is 1. The minimum absolute atomic E-state index is 0.263. The number of carbonyl (C=O) groups excluding carboxylic acids is 1. The van der Waals surface area contributed by atoms with E-state index in [4.69, 9.17) is 21.8 Å². The first-order valence-corrected chi connectivity index (χ1v) is 6.15. The molecule has 1 aromatic heterocycles. The summed E-state index contributed by atoms with van der Waals surface area (Å²) in [5.74, 6) is -0.823. The first-order chi connectivity index (χ1) is 9.54. The van der Waals surface area contributed by atoms with E-state index in [2.05, 4.69) is 4.98 Å². The molecule has 100 valence electrons. The summed E-state index contributed by atoms with van der Waals surface area (Å²) in [5, 5.41) is 0.283. The molecule has 0 saturated carbocycles. The van der Waals surface area contributed by atoms with Gasteiger partial charge in [-0.25, -0.2) is 4.79 Å². The Balaban J connectivity index is 2.09. The molecule has 0 amide bonds. The Kier molecular flexibility index (Phi) is 2.84. The Morgan fingerprint density at radius 3 is 2.75 bits per heavy atom. The number of hydrogen-bond donors (Lipinski definition) is 2. The number of fused-ring (bicyclic) bond motifs is 1. The summed E-state index contributed by atoms with van der Waals surface area (Å²) in [4.78, 5) is 26.0. The largest absolute Gasteiger partial charge is 0.417 e. The predicted molar refractivity (Wildman–Crippen MR) is 76.1 cm³/mol. The molecule has 3 N–H and O–H groups in total. The van der Waals surface area contributed by atoms with Crippen molar-refractivity contribution in [1.29, 1.82) is 0 Å². The van der Waals surface area contributed by atoms with Gasteiger partial charge >= 0.3 is 5.76 Å². The molecule has 20 heavy (non-hydrogen) atoms. The Labute approximate surface area is 118 Å². The number of rotatable bonds is 2. The Bertz CT molecular complexity index is 880. The second-order valence-corrected chi connectivity index (χ2v) is 4.70. The van der Waals surface area contributed by atoms with Gasteiger partial charge in [-0.1, -0.05) is 11.6 Å². The van der Waals surface area contributed by atoms with Crippen LogP contribution in [0.15, 0.2) is 45.6 Å². The van der Waals surface area contributed by atoms with Gasteiger partial charge in [-0.3, -0.25) is 9.78 Å². The molecule has 0 radical (unpaired) electrons. The summed E-state index contributed by atoms with van der Waals surface area (Å²) in [7, 11) is 0. The third-order valence-corrected chi connectivity index (χ3v) is 3.23. The average molecular weight is 289 g/mol. The van der Waals surface area contributed by atoms with E-state index < -0.39 is 5.76 Å². The van der Waals surface area contributed by atoms with Crippen molar-refractivity contribution in [2.24, 2.45) is 0 Å². The van der Waals surface area contributed by atoms with Crippen LogP contribution in [0.2, 0.25) is 5.02 Å². The highest BCUT2D eigenvalue weighted by Crippen LogP contribution is 2.23. The number of benzene rings is 2. The maximum atomic E-state index is 12.4. The molecule has 0 atom stereocenters. The lowest BCUT2D eigenvalue weighted by Gasteiger charge is -2.04. The molecule has 0 aliphatic rings. The van der Waals surface area contributed by atoms with Crippen molar-refractivity contribution >= 4 is 34.2 Å². The van der Waals surface area contributed by atoms with Crippen LogP contribution in [0.3, 0.4) is 0 Å². The van der Waals surface area contributed by atoms with Crippen molar-refractivity contribution in [1.82, 2.24) is 4.98 Å². The van der Waals surface area contributed by atoms with Gasteiger partial charge in [-0.2, -0.15) is 0 Å². The maximum absolute atomic E-state index is 12.4. The van der Waals surface area contributed by atoms with Crippen molar-refractivity contribution < 1.29 is 9.21 Å². The lowest BCUT2D eigenvalue weighted by molar-refractivity contribution is 0.103. The topological polar surface area (TPSA) is 89.1 Å². The summed E-state index contributed by atoms with van der Waals surface area (Å²) < 4.78 is 4.93. The van der Waals surface area contributed by atoms with E-state index in [-0.39, 0.29) is 10.8 Å². The highest BCUT2D eigenvalue weighted by molar-refractivity contribution is 6.35. The standard InChI is InChI=1S/C14H9ClN2O3/c15-10-6-8(16)2-3-9(10)13(18)7-1-4-11-12(5-7)20-14(19)17-11/h1-6H,16H2,(H,17,19). The van der Waals surface area contributed by atoms with Crippen LogP contribution in [0.1, 0.15) is 15.9 Å². The highest BCUT2D eigenvalue weighted by Gasteiger charge is 2.14. The van der Waals surface area contributed by atoms with E-state index in [1.807, 2.05) is 0 Å². The molecule has 0 spiro atoms. The van der Waals surface area contributed by atoms with Gasteiger partial charge in [0.25, 0.3) is 0 Å². The van der Waals surface area contributed by atoms with Crippen LogP contribution in [-0.2, 0) is 0 Å². The van der Waals surface area contributed by atoms with Gasteiger partial charge in [0.05, 0.1) is 10.5 Å². The number of nitrogens with two attached hydrogens (primary N) is 1. The monoisotopic (exact) mass is 288 g/mol. The lowest BCUT2D eigenvalue weighted by atomic mass is 10.0. The van der Waals surface area contributed by atoms with Crippen LogP contribution in [0.4, 0.5) is 5.69 Å². The number of carbonyl (C=O) groups is 1. The molecule has 2 aromatic carbocycles. The van der Waals surface area contributed by atoms with E-state index >= 15 is 0 Å². The van der Waals surface area contributed by atoms with Crippen LogP contribution in [0, 0.1) is 0 Å². The van der Waals surface area contributed by atoms with Crippen molar-refractivity contribution in [2.75, 3.05) is 5.73 Å². The van der Waals surface area contributed by atoms with E-state index in [0.29, 0.717) is 27.9 Å². The minimum Gasteiger partial charge on any atom is -0.408 e. The maximum Gasteiger partial charge on any atom is 0.417 e. The van der Waals surface area contributed by atoms with Gasteiger partial charge in [0, 0.05) is 16.8 Å². The third kappa shape index (κ3) is 2.08. The summed E-state index contributed by atoms with van der Waals surface area (Å²) in [6.45, 7) is 0. The highest BCUT2D eigenvalue weighted by atomic mass is 35.5. The van der Waals surface area contributed by atoms with Crippen molar-refractivity contribution in [3.05, 3.63) is 63.1 Å². The first kappa shape index (κ1) is 12.5. The predicted octanol–water partition coefficient (Wildman–Crippen LogP) is 2.59. The molecule has 6 heteroatoms. The summed E-state index contributed by atoms with van der Waals surface area (Å²) >= 11 is 6.02. The zero-order chi connectivity index (χ0) is 14.3. The van der Waals surface area contributed by atoms with Crippen molar-refractivity contribution in [2.45, 2.75) is 0 Å². The molecule has 0 unspecified atom stereocenters. The van der Waals surface area contributed by atoms with E-state index in [1.54, 1.807) is 24.3 Å². The van der Waals surface area contributed by atoms with Crippen LogP contribution in [0.5, 0.6) is 0 Å². The van der Waals surface area contributed by atoms with Crippen molar-refractivity contribution in [3.8, 4) is 0 Å². The van der Waals surface area contributed by atoms with Crippen LogP contribution in [-0.4, -0.2) is 10.8 Å². The number of aromatic amines is 1. The molecular weight excluding hydrogens is 280 g/mol. The zero-order valence-corrected chi connectivity index (χ0v) is 10.9. The van der Waals surface area contributed by atoms with E-state index in [0.717, 1.165) is 0 Å². The van der Waals surface area contributed by atoms with Gasteiger partial charge in [-0.15, -0.1) is 0 Å². The van der Waals surface area contributed by atoms with Gasteiger partial charge in [0.15, 0.2) is 11.4 Å². The molecule has 0 saturated heterocycles. The van der Waals surface area contributed by atoms with E-state index in [9.17, 15) is 9.59 Å². The second kappa shape index (κ2) is 4.54. The van der Waals surface area contributed by atoms with Gasteiger partial charge in [-0.05, 0) is 36.4 Å². The number of oxazole rings is 1. The normalized spacial score (nSPS) is 10.8. The number of nitrogen functional groups attached to an aromatic ring is 1. The number of halogens is 1. The first-order valence-electron chi connectivity index (χ1n) is 5.77. The van der Waals surface area contributed by atoms with Crippen LogP contribution >= 0.6 is 11.6 Å². The number of H-pyrrole nitrogens is 1. The quantitative estimate of drug-likeness (QED) is 0.560. The number of nitrogens with one attached hydrogen (secondary N) is 1. The molecule has 0 aliphatic carbocycles. The molecule has 0 bridgehead atoms.